The lowest BCUT2D eigenvalue weighted by molar-refractivity contribution is -0.128. The van der Waals surface area contributed by atoms with E-state index in [1.165, 1.54) is 0 Å². The topological polar surface area (TPSA) is 55.8 Å². The van der Waals surface area contributed by atoms with Crippen LogP contribution in [0.25, 0.3) is 11.6 Å². The SMILES string of the molecule is CCOc1ccc(/C=C(/C(=O)N2CCC3(CC2)CC(=O)c2cc(C)ccc2O3)c2ccccc2)cc1. The zero-order chi connectivity index (χ0) is 25.1. The number of Topliss-reactive ketones (excluding diaryl/α,β-unsaturated/α-hetero) is 1. The van der Waals surface area contributed by atoms with Gasteiger partial charge in [0.1, 0.15) is 17.1 Å². The second-order valence-corrected chi connectivity index (χ2v) is 9.60. The average molecular weight is 482 g/mol. The summed E-state index contributed by atoms with van der Waals surface area (Å²) < 4.78 is 12.0. The minimum Gasteiger partial charge on any atom is -0.494 e. The molecule has 0 bridgehead atoms. The molecule has 0 aromatic heterocycles. The Hall–Kier alpha value is -3.86. The average Bonchev–Trinajstić information content (AvgIpc) is 2.89. The third-order valence-electron chi connectivity index (χ3n) is 7.02. The van der Waals surface area contributed by atoms with Crippen molar-refractivity contribution in [3.8, 4) is 11.5 Å². The largest absolute Gasteiger partial charge is 0.494 e. The highest BCUT2D eigenvalue weighted by atomic mass is 16.5. The molecule has 0 atom stereocenters. The number of amides is 1. The van der Waals surface area contributed by atoms with Crippen LogP contribution in [0.2, 0.25) is 0 Å². The molecule has 1 saturated heterocycles. The first kappa shape index (κ1) is 23.9. The van der Waals surface area contributed by atoms with E-state index in [2.05, 4.69) is 0 Å². The molecule has 0 aliphatic carbocycles. The Morgan fingerprint density at radius 1 is 1.03 bits per heavy atom. The van der Waals surface area contributed by atoms with Gasteiger partial charge >= 0.3 is 0 Å². The molecule has 3 aromatic carbocycles. The normalized spacial score (nSPS) is 16.9. The molecule has 2 heterocycles. The second-order valence-electron chi connectivity index (χ2n) is 9.60. The third kappa shape index (κ3) is 4.92. The van der Waals surface area contributed by atoms with Crippen molar-refractivity contribution in [1.82, 2.24) is 4.90 Å². The van der Waals surface area contributed by atoms with E-state index in [-0.39, 0.29) is 11.7 Å². The number of rotatable bonds is 5. The molecule has 36 heavy (non-hydrogen) atoms. The minimum absolute atomic E-state index is 0.0110. The fourth-order valence-corrected chi connectivity index (χ4v) is 5.05. The molecule has 2 aliphatic rings. The Bertz CT molecular complexity index is 1290. The van der Waals surface area contributed by atoms with E-state index in [1.54, 1.807) is 0 Å². The Morgan fingerprint density at radius 2 is 1.75 bits per heavy atom. The molecule has 1 fully saturated rings. The highest BCUT2D eigenvalue weighted by molar-refractivity contribution is 6.24. The summed E-state index contributed by atoms with van der Waals surface area (Å²) in [5.41, 5.74) is 3.65. The number of hydrogen-bond acceptors (Lipinski definition) is 4. The summed E-state index contributed by atoms with van der Waals surface area (Å²) in [5, 5.41) is 0. The van der Waals surface area contributed by atoms with Crippen molar-refractivity contribution in [3.63, 3.8) is 0 Å². The predicted octanol–water partition coefficient (Wildman–Crippen LogP) is 5.96. The number of ketones is 1. The number of aryl methyl sites for hydroxylation is 1. The molecule has 0 radical (unpaired) electrons. The van der Waals surface area contributed by atoms with Crippen molar-refractivity contribution in [2.24, 2.45) is 0 Å². The predicted molar refractivity (Wildman–Crippen MR) is 141 cm³/mol. The highest BCUT2D eigenvalue weighted by Crippen LogP contribution is 2.40. The van der Waals surface area contributed by atoms with Gasteiger partial charge < -0.3 is 14.4 Å². The molecule has 5 nitrogen and oxygen atoms in total. The molecule has 1 spiro atoms. The second kappa shape index (κ2) is 10.0. The fraction of sp³-hybridized carbons (Fsp3) is 0.290. The van der Waals surface area contributed by atoms with Gasteiger partial charge in [-0.3, -0.25) is 9.59 Å². The molecule has 1 amide bonds. The third-order valence-corrected chi connectivity index (χ3v) is 7.02. The van der Waals surface area contributed by atoms with E-state index in [0.29, 0.717) is 55.8 Å². The van der Waals surface area contributed by atoms with Crippen LogP contribution >= 0.6 is 0 Å². The van der Waals surface area contributed by atoms with Gasteiger partial charge in [-0.2, -0.15) is 0 Å². The first-order valence-corrected chi connectivity index (χ1v) is 12.6. The first-order chi connectivity index (χ1) is 17.5. The van der Waals surface area contributed by atoms with Crippen LogP contribution in [0.3, 0.4) is 0 Å². The summed E-state index contributed by atoms with van der Waals surface area (Å²) in [5.74, 6) is 1.59. The highest BCUT2D eigenvalue weighted by Gasteiger charge is 2.44. The van der Waals surface area contributed by atoms with Crippen LogP contribution in [-0.4, -0.2) is 41.9 Å². The maximum absolute atomic E-state index is 13.8. The van der Waals surface area contributed by atoms with Gasteiger partial charge in [0, 0.05) is 31.5 Å². The molecule has 0 saturated carbocycles. The van der Waals surface area contributed by atoms with Crippen molar-refractivity contribution in [1.29, 1.82) is 0 Å². The van der Waals surface area contributed by atoms with Gasteiger partial charge in [0.2, 0.25) is 0 Å². The van der Waals surface area contributed by atoms with Crippen molar-refractivity contribution >= 4 is 23.3 Å². The summed E-state index contributed by atoms with van der Waals surface area (Å²) in [6.07, 6.45) is 3.56. The maximum atomic E-state index is 13.8. The van der Waals surface area contributed by atoms with Crippen LogP contribution in [0, 0.1) is 6.92 Å². The van der Waals surface area contributed by atoms with Gasteiger partial charge in [0.25, 0.3) is 5.91 Å². The van der Waals surface area contributed by atoms with Crippen LogP contribution in [-0.2, 0) is 4.79 Å². The van der Waals surface area contributed by atoms with Crippen molar-refractivity contribution in [2.45, 2.75) is 38.7 Å². The lowest BCUT2D eigenvalue weighted by atomic mass is 9.82. The Kier molecular flexibility index (Phi) is 6.64. The Labute approximate surface area is 212 Å². The summed E-state index contributed by atoms with van der Waals surface area (Å²) in [4.78, 5) is 28.6. The number of carbonyl (C=O) groups is 2. The maximum Gasteiger partial charge on any atom is 0.254 e. The van der Waals surface area contributed by atoms with Crippen LogP contribution in [0.1, 0.15) is 53.2 Å². The number of piperidine rings is 1. The van der Waals surface area contributed by atoms with E-state index >= 15 is 0 Å². The summed E-state index contributed by atoms with van der Waals surface area (Å²) in [6.45, 7) is 5.63. The van der Waals surface area contributed by atoms with E-state index in [9.17, 15) is 9.59 Å². The number of hydrogen-bond donors (Lipinski definition) is 0. The number of nitrogens with zero attached hydrogens (tertiary/aromatic N) is 1. The Morgan fingerprint density at radius 3 is 2.44 bits per heavy atom. The van der Waals surface area contributed by atoms with Crippen LogP contribution < -0.4 is 9.47 Å². The van der Waals surface area contributed by atoms with Gasteiger partial charge in [0.05, 0.1) is 18.6 Å². The molecule has 0 unspecified atom stereocenters. The fourth-order valence-electron chi connectivity index (χ4n) is 5.05. The van der Waals surface area contributed by atoms with Gasteiger partial charge in [0.15, 0.2) is 5.78 Å². The van der Waals surface area contributed by atoms with Crippen molar-refractivity contribution in [3.05, 3.63) is 95.1 Å². The smallest absolute Gasteiger partial charge is 0.254 e. The number of likely N-dealkylation sites (tertiary alicyclic amines) is 1. The lowest BCUT2D eigenvalue weighted by Crippen LogP contribution is -2.52. The van der Waals surface area contributed by atoms with Gasteiger partial charge in [-0.15, -0.1) is 0 Å². The van der Waals surface area contributed by atoms with Crippen molar-refractivity contribution in [2.75, 3.05) is 19.7 Å². The lowest BCUT2D eigenvalue weighted by Gasteiger charge is -2.44. The first-order valence-electron chi connectivity index (χ1n) is 12.6. The molecule has 3 aromatic rings. The van der Waals surface area contributed by atoms with Crippen LogP contribution in [0.15, 0.2) is 72.8 Å². The summed E-state index contributed by atoms with van der Waals surface area (Å²) >= 11 is 0. The molecule has 184 valence electrons. The number of carbonyl (C=O) groups excluding carboxylic acids is 2. The van der Waals surface area contributed by atoms with E-state index in [1.807, 2.05) is 97.6 Å². The minimum atomic E-state index is -0.540. The van der Waals surface area contributed by atoms with Gasteiger partial charge in [-0.05, 0) is 55.3 Å². The van der Waals surface area contributed by atoms with Gasteiger partial charge in [-0.25, -0.2) is 0 Å². The standard InChI is InChI=1S/C31H31NO4/c1-3-35-25-12-10-23(11-13-25)20-26(24-7-5-4-6-8-24)30(34)32-17-15-31(16-18-32)21-28(33)27-19-22(2)9-14-29(27)36-31/h4-14,19-20H,3,15-18,21H2,1-2H3/b26-20+. The van der Waals surface area contributed by atoms with E-state index in [4.69, 9.17) is 9.47 Å². The zero-order valence-electron chi connectivity index (χ0n) is 20.8. The summed E-state index contributed by atoms with van der Waals surface area (Å²) in [6, 6.07) is 23.3. The van der Waals surface area contributed by atoms with E-state index in [0.717, 1.165) is 22.4 Å². The van der Waals surface area contributed by atoms with Crippen LogP contribution in [0.4, 0.5) is 0 Å². The zero-order valence-corrected chi connectivity index (χ0v) is 20.8. The van der Waals surface area contributed by atoms with Crippen LogP contribution in [0.5, 0.6) is 11.5 Å². The number of benzene rings is 3. The monoisotopic (exact) mass is 481 g/mol. The Balaban J connectivity index is 1.35. The molecular weight excluding hydrogens is 450 g/mol. The molecule has 5 rings (SSSR count). The molecular formula is C31H31NO4. The van der Waals surface area contributed by atoms with Gasteiger partial charge in [-0.1, -0.05) is 54.1 Å². The van der Waals surface area contributed by atoms with Crippen molar-refractivity contribution < 1.29 is 19.1 Å². The molecule has 2 aliphatic heterocycles. The summed E-state index contributed by atoms with van der Waals surface area (Å²) in [7, 11) is 0. The number of fused-ring (bicyclic) bond motifs is 1. The molecule has 5 heteroatoms. The van der Waals surface area contributed by atoms with E-state index < -0.39 is 5.60 Å². The quantitative estimate of drug-likeness (QED) is 0.333. The number of ether oxygens (including phenoxy) is 2. The molecule has 0 N–H and O–H groups in total.